The first-order valence-corrected chi connectivity index (χ1v) is 10.9. The number of pyridine rings is 1. The number of rotatable bonds is 6. The van der Waals surface area contributed by atoms with Gasteiger partial charge in [-0.2, -0.15) is 0 Å². The van der Waals surface area contributed by atoms with Crippen LogP contribution in [0.1, 0.15) is 48.9 Å². The van der Waals surface area contributed by atoms with E-state index in [1.54, 1.807) is 6.20 Å². The summed E-state index contributed by atoms with van der Waals surface area (Å²) in [6.07, 6.45) is 7.01. The Labute approximate surface area is 174 Å². The molecule has 150 valence electrons. The number of aliphatic hydroxyl groups is 1. The average Bonchev–Trinajstić information content (AvgIpc) is 3.48. The lowest BCUT2D eigenvalue weighted by Crippen LogP contribution is -2.45. The highest BCUT2D eigenvalue weighted by atomic mass is 79.9. The van der Waals surface area contributed by atoms with Crippen LogP contribution in [0, 0.1) is 5.92 Å². The molecule has 2 aromatic rings. The molecule has 2 fully saturated rings. The topological polar surface area (TPSA) is 65.5 Å². The van der Waals surface area contributed by atoms with Crippen LogP contribution in [-0.4, -0.2) is 53.1 Å². The summed E-state index contributed by atoms with van der Waals surface area (Å²) in [7, 11) is 4.00. The number of likely N-dealkylation sites (N-methyl/N-ethyl adjacent to an activating group) is 1. The number of Topliss-reactive ketones (excluding diaryl/α,β-unsaturated/α-hetero) is 1. The number of fused-ring (bicyclic) bond motifs is 1. The number of hydrogen-bond donors (Lipinski definition) is 2. The molecule has 0 aliphatic heterocycles. The van der Waals surface area contributed by atoms with E-state index in [0.29, 0.717) is 12.1 Å². The van der Waals surface area contributed by atoms with Crippen LogP contribution in [0.25, 0.3) is 10.9 Å². The minimum absolute atomic E-state index is 0.156. The van der Waals surface area contributed by atoms with Gasteiger partial charge in [0, 0.05) is 34.6 Å². The van der Waals surface area contributed by atoms with Crippen LogP contribution >= 0.6 is 15.9 Å². The normalized spacial score (nSPS) is 25.2. The number of nitrogens with zero attached hydrogens (tertiary/aromatic N) is 2. The van der Waals surface area contributed by atoms with Gasteiger partial charge in [-0.15, -0.1) is 0 Å². The molecule has 1 heterocycles. The Morgan fingerprint density at radius 3 is 2.64 bits per heavy atom. The maximum absolute atomic E-state index is 12.9. The summed E-state index contributed by atoms with van der Waals surface area (Å²) in [5, 5.41) is 15.5. The van der Waals surface area contributed by atoms with Crippen LogP contribution in [0.5, 0.6) is 0 Å². The number of carbonyl (C=O) groups is 1. The summed E-state index contributed by atoms with van der Waals surface area (Å²) in [4.78, 5) is 19.5. The summed E-state index contributed by atoms with van der Waals surface area (Å²) < 4.78 is 0.977. The molecule has 5 nitrogen and oxygen atoms in total. The van der Waals surface area contributed by atoms with Crippen molar-refractivity contribution in [2.75, 3.05) is 26.0 Å². The van der Waals surface area contributed by atoms with E-state index in [1.807, 2.05) is 37.2 Å². The summed E-state index contributed by atoms with van der Waals surface area (Å²) in [5.41, 5.74) is 1.89. The number of benzene rings is 1. The molecule has 4 rings (SSSR count). The van der Waals surface area contributed by atoms with Crippen molar-refractivity contribution in [3.05, 3.63) is 34.4 Å². The zero-order valence-corrected chi connectivity index (χ0v) is 18.1. The highest BCUT2D eigenvalue weighted by molar-refractivity contribution is 9.10. The molecule has 0 atom stereocenters. The first-order chi connectivity index (χ1) is 13.3. The highest BCUT2D eigenvalue weighted by Gasteiger charge is 2.35. The molecule has 6 heteroatoms. The second-order valence-corrected chi connectivity index (χ2v) is 9.64. The molecule has 0 bridgehead atoms. The first kappa shape index (κ1) is 19.8. The predicted octanol–water partition coefficient (Wildman–Crippen LogP) is 4.24. The molecule has 2 saturated carbocycles. The fraction of sp³-hybridized carbons (Fsp3) is 0.545. The molecular formula is C22H28BrN3O2. The van der Waals surface area contributed by atoms with Crippen LogP contribution in [0.4, 0.5) is 5.69 Å². The van der Waals surface area contributed by atoms with Crippen molar-refractivity contribution in [3.8, 4) is 0 Å². The lowest BCUT2D eigenvalue weighted by molar-refractivity contribution is -0.0183. The van der Waals surface area contributed by atoms with Crippen molar-refractivity contribution in [1.29, 1.82) is 0 Å². The predicted molar refractivity (Wildman–Crippen MR) is 116 cm³/mol. The zero-order valence-electron chi connectivity index (χ0n) is 16.5. The molecule has 0 unspecified atom stereocenters. The molecule has 2 aliphatic rings. The largest absolute Gasteiger partial charge is 0.389 e. The third kappa shape index (κ3) is 4.24. The zero-order chi connectivity index (χ0) is 19.9. The van der Waals surface area contributed by atoms with Gasteiger partial charge in [0.2, 0.25) is 0 Å². The van der Waals surface area contributed by atoms with Crippen molar-refractivity contribution in [2.45, 2.75) is 50.2 Å². The van der Waals surface area contributed by atoms with Crippen LogP contribution in [0.2, 0.25) is 0 Å². The SMILES string of the molecule is CN(C)C[C@]1(O)CC[C@@H](Nc2c(C(=O)C3CC3)cnc3ccc(Br)cc23)CC1. The summed E-state index contributed by atoms with van der Waals surface area (Å²) in [5.74, 6) is 0.361. The van der Waals surface area contributed by atoms with E-state index in [1.165, 1.54) is 0 Å². The van der Waals surface area contributed by atoms with E-state index < -0.39 is 5.60 Å². The average molecular weight is 446 g/mol. The van der Waals surface area contributed by atoms with Gasteiger partial charge in [-0.3, -0.25) is 9.78 Å². The van der Waals surface area contributed by atoms with Gasteiger partial charge in [0.1, 0.15) is 0 Å². The lowest BCUT2D eigenvalue weighted by Gasteiger charge is -2.38. The fourth-order valence-corrected chi connectivity index (χ4v) is 4.68. The van der Waals surface area contributed by atoms with Crippen molar-refractivity contribution < 1.29 is 9.90 Å². The van der Waals surface area contributed by atoms with Gasteiger partial charge in [0.15, 0.2) is 5.78 Å². The Balaban J connectivity index is 1.61. The van der Waals surface area contributed by atoms with Gasteiger partial charge in [0.25, 0.3) is 0 Å². The molecule has 0 saturated heterocycles. The van der Waals surface area contributed by atoms with E-state index in [4.69, 9.17) is 0 Å². The van der Waals surface area contributed by atoms with E-state index in [-0.39, 0.29) is 17.7 Å². The minimum Gasteiger partial charge on any atom is -0.389 e. The molecule has 2 N–H and O–H groups in total. The van der Waals surface area contributed by atoms with Gasteiger partial charge in [-0.05, 0) is 70.8 Å². The lowest BCUT2D eigenvalue weighted by atomic mass is 9.81. The monoisotopic (exact) mass is 445 g/mol. The molecule has 1 aromatic heterocycles. The maximum Gasteiger partial charge on any atom is 0.169 e. The fourth-order valence-electron chi connectivity index (χ4n) is 4.32. The maximum atomic E-state index is 12.9. The van der Waals surface area contributed by atoms with E-state index in [9.17, 15) is 9.90 Å². The van der Waals surface area contributed by atoms with Crippen LogP contribution in [0.3, 0.4) is 0 Å². The quantitative estimate of drug-likeness (QED) is 0.650. The van der Waals surface area contributed by atoms with E-state index in [2.05, 4.69) is 26.2 Å². The van der Waals surface area contributed by atoms with Crippen molar-refractivity contribution in [3.63, 3.8) is 0 Å². The minimum atomic E-state index is -0.613. The number of nitrogens with one attached hydrogen (secondary N) is 1. The summed E-state index contributed by atoms with van der Waals surface area (Å²) in [6, 6.07) is 6.24. The Kier molecular flexibility index (Phi) is 5.47. The molecule has 1 aromatic carbocycles. The number of ketones is 1. The molecule has 28 heavy (non-hydrogen) atoms. The van der Waals surface area contributed by atoms with E-state index >= 15 is 0 Å². The van der Waals surface area contributed by atoms with Crippen molar-refractivity contribution in [2.24, 2.45) is 5.92 Å². The summed E-state index contributed by atoms with van der Waals surface area (Å²) in [6.45, 7) is 0.691. The van der Waals surface area contributed by atoms with Crippen LogP contribution in [-0.2, 0) is 0 Å². The highest BCUT2D eigenvalue weighted by Crippen LogP contribution is 2.38. The third-order valence-electron chi connectivity index (χ3n) is 5.92. The Morgan fingerprint density at radius 2 is 2.00 bits per heavy atom. The second-order valence-electron chi connectivity index (χ2n) is 8.73. The van der Waals surface area contributed by atoms with E-state index in [0.717, 1.165) is 59.6 Å². The van der Waals surface area contributed by atoms with Gasteiger partial charge in [0.05, 0.1) is 22.4 Å². The summed E-state index contributed by atoms with van der Waals surface area (Å²) >= 11 is 3.55. The van der Waals surface area contributed by atoms with Crippen molar-refractivity contribution >= 4 is 38.3 Å². The van der Waals surface area contributed by atoms with Crippen LogP contribution in [0.15, 0.2) is 28.9 Å². The number of hydrogen-bond acceptors (Lipinski definition) is 5. The van der Waals surface area contributed by atoms with Crippen molar-refractivity contribution in [1.82, 2.24) is 9.88 Å². The molecule has 2 aliphatic carbocycles. The van der Waals surface area contributed by atoms with Gasteiger partial charge in [-0.1, -0.05) is 15.9 Å². The van der Waals surface area contributed by atoms with Crippen LogP contribution < -0.4 is 5.32 Å². The first-order valence-electron chi connectivity index (χ1n) is 10.1. The number of aromatic nitrogens is 1. The Bertz CT molecular complexity index is 887. The smallest absolute Gasteiger partial charge is 0.169 e. The van der Waals surface area contributed by atoms with Gasteiger partial charge in [-0.25, -0.2) is 0 Å². The van der Waals surface area contributed by atoms with Gasteiger partial charge < -0.3 is 15.3 Å². The Hall–Kier alpha value is -1.50. The number of halogens is 1. The molecule has 0 amide bonds. The molecular weight excluding hydrogens is 418 g/mol. The molecule has 0 radical (unpaired) electrons. The Morgan fingerprint density at radius 1 is 1.29 bits per heavy atom. The van der Waals surface area contributed by atoms with Gasteiger partial charge >= 0.3 is 0 Å². The second kappa shape index (κ2) is 7.73. The number of carbonyl (C=O) groups excluding carboxylic acids is 1. The molecule has 0 spiro atoms. The standard InChI is InChI=1S/C22H28BrN3O2/c1-26(2)13-22(28)9-7-16(8-10-22)25-20-17-11-15(23)5-6-19(17)24-12-18(20)21(27)14-3-4-14/h5-6,11-12,14,16,28H,3-4,7-10,13H2,1-2H3,(H,24,25)/t16-,22+. The third-order valence-corrected chi connectivity index (χ3v) is 6.41. The number of anilines is 1.